The number of carboxylic acid groups (broad SMARTS) is 1. The molecule has 0 bridgehead atoms. The number of hydrogen-bond donors (Lipinski definition) is 0. The highest BCUT2D eigenvalue weighted by atomic mass is 32.2. The number of carbonyl (C=O) groups excluding carboxylic acids is 2. The lowest BCUT2D eigenvalue weighted by atomic mass is 10.1. The Morgan fingerprint density at radius 1 is 1.19 bits per heavy atom. The molecule has 26 heavy (non-hydrogen) atoms. The SMILES string of the molecule is O=C([O-])c1cccc(N2C(=O)C(=Cc3ccc([N+](=O)[O-])cc3)SC2=S)c1. The molecule has 1 aliphatic heterocycles. The highest BCUT2D eigenvalue weighted by Crippen LogP contribution is 2.36. The third-order valence-corrected chi connectivity index (χ3v) is 4.84. The highest BCUT2D eigenvalue weighted by molar-refractivity contribution is 8.27. The van der Waals surface area contributed by atoms with Gasteiger partial charge in [-0.25, -0.2) is 0 Å². The molecule has 1 saturated heterocycles. The van der Waals surface area contributed by atoms with E-state index in [1.54, 1.807) is 12.1 Å². The van der Waals surface area contributed by atoms with Crippen LogP contribution in [0.5, 0.6) is 0 Å². The topological polar surface area (TPSA) is 104 Å². The smallest absolute Gasteiger partial charge is 0.270 e. The van der Waals surface area contributed by atoms with Crippen LogP contribution in [0.3, 0.4) is 0 Å². The number of non-ortho nitro benzene ring substituents is 1. The zero-order chi connectivity index (χ0) is 18.8. The first-order chi connectivity index (χ1) is 12.4. The lowest BCUT2D eigenvalue weighted by Gasteiger charge is -2.15. The first-order valence-electron chi connectivity index (χ1n) is 7.20. The van der Waals surface area contributed by atoms with Crippen LogP contribution in [0.15, 0.2) is 53.4 Å². The third kappa shape index (κ3) is 3.48. The Hall–Kier alpha value is -3.04. The summed E-state index contributed by atoms with van der Waals surface area (Å²) in [6, 6.07) is 11.5. The molecule has 0 atom stereocenters. The van der Waals surface area contributed by atoms with Crippen molar-refractivity contribution in [3.8, 4) is 0 Å². The van der Waals surface area contributed by atoms with E-state index in [1.165, 1.54) is 47.4 Å². The van der Waals surface area contributed by atoms with Crippen molar-refractivity contribution >= 4 is 57.6 Å². The normalized spacial score (nSPS) is 15.5. The van der Waals surface area contributed by atoms with Crippen LogP contribution in [0.2, 0.25) is 0 Å². The number of thiocarbonyl (C=S) groups is 1. The van der Waals surface area contributed by atoms with Gasteiger partial charge in [0.15, 0.2) is 4.32 Å². The van der Waals surface area contributed by atoms with Gasteiger partial charge in [-0.3, -0.25) is 19.8 Å². The van der Waals surface area contributed by atoms with E-state index < -0.39 is 16.8 Å². The van der Waals surface area contributed by atoms with Gasteiger partial charge in [-0.2, -0.15) is 0 Å². The van der Waals surface area contributed by atoms with Gasteiger partial charge in [0.25, 0.3) is 11.6 Å². The van der Waals surface area contributed by atoms with E-state index in [0.29, 0.717) is 16.2 Å². The fourth-order valence-electron chi connectivity index (χ4n) is 2.31. The molecule has 0 aliphatic carbocycles. The van der Waals surface area contributed by atoms with Crippen LogP contribution in [0.1, 0.15) is 15.9 Å². The number of benzene rings is 2. The molecule has 130 valence electrons. The number of amides is 1. The van der Waals surface area contributed by atoms with E-state index in [-0.39, 0.29) is 15.6 Å². The minimum Gasteiger partial charge on any atom is -0.545 e. The molecule has 2 aromatic carbocycles. The number of thioether (sulfide) groups is 1. The van der Waals surface area contributed by atoms with Crippen molar-refractivity contribution in [3.63, 3.8) is 0 Å². The van der Waals surface area contributed by atoms with Gasteiger partial charge in [0.1, 0.15) is 0 Å². The quantitative estimate of drug-likeness (QED) is 0.344. The summed E-state index contributed by atoms with van der Waals surface area (Å²) in [6.45, 7) is 0. The Kier molecular flexibility index (Phi) is 4.83. The Labute approximate surface area is 157 Å². The number of hydrogen-bond acceptors (Lipinski definition) is 7. The summed E-state index contributed by atoms with van der Waals surface area (Å²) in [6.07, 6.45) is 1.58. The lowest BCUT2D eigenvalue weighted by molar-refractivity contribution is -0.384. The molecule has 0 radical (unpaired) electrons. The molecule has 3 rings (SSSR count). The summed E-state index contributed by atoms with van der Waals surface area (Å²) >= 11 is 6.30. The highest BCUT2D eigenvalue weighted by Gasteiger charge is 2.33. The van der Waals surface area contributed by atoms with E-state index >= 15 is 0 Å². The van der Waals surface area contributed by atoms with Crippen LogP contribution in [0, 0.1) is 10.1 Å². The summed E-state index contributed by atoms with van der Waals surface area (Å²) < 4.78 is 0.263. The summed E-state index contributed by atoms with van der Waals surface area (Å²) in [5.74, 6) is -1.74. The van der Waals surface area contributed by atoms with Crippen LogP contribution in [0.4, 0.5) is 11.4 Å². The van der Waals surface area contributed by atoms with Crippen molar-refractivity contribution in [2.24, 2.45) is 0 Å². The molecule has 0 unspecified atom stereocenters. The van der Waals surface area contributed by atoms with E-state index in [1.807, 2.05) is 0 Å². The Morgan fingerprint density at radius 2 is 1.88 bits per heavy atom. The number of carboxylic acids is 1. The van der Waals surface area contributed by atoms with Gasteiger partial charge in [0.05, 0.1) is 21.5 Å². The molecule has 1 fully saturated rings. The fraction of sp³-hybridized carbons (Fsp3) is 0. The van der Waals surface area contributed by atoms with Crippen molar-refractivity contribution < 1.29 is 19.6 Å². The van der Waals surface area contributed by atoms with Crippen LogP contribution in [-0.2, 0) is 4.79 Å². The number of rotatable bonds is 4. The first-order valence-corrected chi connectivity index (χ1v) is 8.43. The number of nitro groups is 1. The van der Waals surface area contributed by atoms with Crippen LogP contribution in [0.25, 0.3) is 6.08 Å². The van der Waals surface area contributed by atoms with E-state index in [4.69, 9.17) is 12.2 Å². The first kappa shape index (κ1) is 17.8. The van der Waals surface area contributed by atoms with Gasteiger partial charge in [-0.05, 0) is 41.5 Å². The lowest BCUT2D eigenvalue weighted by Crippen LogP contribution is -2.28. The predicted octanol–water partition coefficient (Wildman–Crippen LogP) is 2.36. The van der Waals surface area contributed by atoms with Gasteiger partial charge >= 0.3 is 0 Å². The van der Waals surface area contributed by atoms with Crippen molar-refractivity contribution in [1.82, 2.24) is 0 Å². The van der Waals surface area contributed by atoms with Gasteiger partial charge in [-0.1, -0.05) is 36.1 Å². The summed E-state index contributed by atoms with van der Waals surface area (Å²) in [5, 5.41) is 21.7. The molecular formula is C17H9N2O5S2-. The zero-order valence-corrected chi connectivity index (χ0v) is 14.6. The largest absolute Gasteiger partial charge is 0.545 e. The maximum absolute atomic E-state index is 12.7. The average Bonchev–Trinajstić information content (AvgIpc) is 2.89. The molecule has 0 spiro atoms. The molecule has 1 heterocycles. The van der Waals surface area contributed by atoms with Gasteiger partial charge < -0.3 is 9.90 Å². The maximum Gasteiger partial charge on any atom is 0.270 e. The molecule has 9 heteroatoms. The van der Waals surface area contributed by atoms with Crippen LogP contribution >= 0.6 is 24.0 Å². The van der Waals surface area contributed by atoms with E-state index in [9.17, 15) is 24.8 Å². The number of anilines is 1. The Balaban J connectivity index is 1.90. The molecule has 7 nitrogen and oxygen atoms in total. The second-order valence-corrected chi connectivity index (χ2v) is 6.88. The molecule has 2 aromatic rings. The second kappa shape index (κ2) is 7.06. The van der Waals surface area contributed by atoms with Gasteiger partial charge in [0, 0.05) is 12.1 Å². The Morgan fingerprint density at radius 3 is 2.50 bits per heavy atom. The van der Waals surface area contributed by atoms with Crippen molar-refractivity contribution in [2.45, 2.75) is 0 Å². The molecule has 0 saturated carbocycles. The van der Waals surface area contributed by atoms with Crippen LogP contribution in [-0.4, -0.2) is 21.1 Å². The van der Waals surface area contributed by atoms with Crippen molar-refractivity contribution in [1.29, 1.82) is 0 Å². The van der Waals surface area contributed by atoms with E-state index in [0.717, 1.165) is 11.8 Å². The summed E-state index contributed by atoms with van der Waals surface area (Å²) in [7, 11) is 0. The fourth-order valence-corrected chi connectivity index (χ4v) is 3.60. The number of carbonyl (C=O) groups is 2. The number of nitro benzene ring substituents is 1. The van der Waals surface area contributed by atoms with Crippen molar-refractivity contribution in [3.05, 3.63) is 74.7 Å². The maximum atomic E-state index is 12.7. The monoisotopic (exact) mass is 385 g/mol. The van der Waals surface area contributed by atoms with Gasteiger partial charge in [-0.15, -0.1) is 0 Å². The molecule has 1 aliphatic rings. The summed E-state index contributed by atoms with van der Waals surface area (Å²) in [4.78, 5) is 35.4. The third-order valence-electron chi connectivity index (χ3n) is 3.54. The minimum atomic E-state index is -1.35. The zero-order valence-electron chi connectivity index (χ0n) is 12.9. The average molecular weight is 385 g/mol. The molecule has 1 amide bonds. The van der Waals surface area contributed by atoms with Gasteiger partial charge in [0.2, 0.25) is 0 Å². The van der Waals surface area contributed by atoms with Crippen molar-refractivity contribution in [2.75, 3.05) is 4.90 Å². The van der Waals surface area contributed by atoms with Crippen LogP contribution < -0.4 is 10.0 Å². The van der Waals surface area contributed by atoms with E-state index in [2.05, 4.69) is 0 Å². The molecule has 0 N–H and O–H groups in total. The molecular weight excluding hydrogens is 376 g/mol. The summed E-state index contributed by atoms with van der Waals surface area (Å²) in [5.41, 5.74) is 0.838. The number of aromatic carboxylic acids is 1. The predicted molar refractivity (Wildman–Crippen MR) is 99.5 cm³/mol. The Bertz CT molecular complexity index is 969. The number of nitrogens with zero attached hydrogens (tertiary/aromatic N) is 2. The molecule has 0 aromatic heterocycles. The second-order valence-electron chi connectivity index (χ2n) is 5.20. The standard InChI is InChI=1S/C17H10N2O5S2/c20-15-14(8-10-4-6-12(7-5-10)19(23)24)26-17(25)18(15)13-3-1-2-11(9-13)16(21)22/h1-9H,(H,21,22)/p-1. The minimum absolute atomic E-state index is 0.0474.